The summed E-state index contributed by atoms with van der Waals surface area (Å²) in [5.41, 5.74) is 0. The molecule has 1 saturated heterocycles. The zero-order valence-electron chi connectivity index (χ0n) is 10.5. The van der Waals surface area contributed by atoms with Crippen molar-refractivity contribution < 1.29 is 9.84 Å². The van der Waals surface area contributed by atoms with Crippen molar-refractivity contribution in [1.82, 2.24) is 14.9 Å². The van der Waals surface area contributed by atoms with E-state index in [9.17, 15) is 0 Å². The van der Waals surface area contributed by atoms with Crippen molar-refractivity contribution in [3.63, 3.8) is 0 Å². The number of anilines is 1. The summed E-state index contributed by atoms with van der Waals surface area (Å²) < 4.78 is 5.27. The van der Waals surface area contributed by atoms with Crippen LogP contribution in [-0.4, -0.2) is 72.5 Å². The zero-order valence-corrected chi connectivity index (χ0v) is 10.5. The molecule has 6 nitrogen and oxygen atoms in total. The molecular weight excluding hydrogens is 232 g/mol. The molecule has 0 saturated carbocycles. The minimum absolute atomic E-state index is 0.0964. The van der Waals surface area contributed by atoms with Gasteiger partial charge in [-0.2, -0.15) is 0 Å². The van der Waals surface area contributed by atoms with Crippen molar-refractivity contribution >= 4 is 5.95 Å². The number of nitrogens with zero attached hydrogens (tertiary/aromatic N) is 4. The molecule has 0 atom stereocenters. The van der Waals surface area contributed by atoms with Crippen molar-refractivity contribution in [3.05, 3.63) is 18.5 Å². The smallest absolute Gasteiger partial charge is 0.225 e. The van der Waals surface area contributed by atoms with Crippen LogP contribution < -0.4 is 4.90 Å². The number of hydrogen-bond acceptors (Lipinski definition) is 6. The molecule has 1 N–H and O–H groups in total. The second kappa shape index (κ2) is 7.25. The molecule has 2 rings (SSSR count). The molecular formula is C12H20N4O2. The van der Waals surface area contributed by atoms with Crippen LogP contribution >= 0.6 is 0 Å². The van der Waals surface area contributed by atoms with E-state index >= 15 is 0 Å². The van der Waals surface area contributed by atoms with Crippen LogP contribution in [0.2, 0.25) is 0 Å². The zero-order chi connectivity index (χ0) is 12.6. The molecule has 6 heteroatoms. The van der Waals surface area contributed by atoms with Gasteiger partial charge in [0.1, 0.15) is 0 Å². The topological polar surface area (TPSA) is 61.7 Å². The molecule has 0 unspecified atom stereocenters. The lowest BCUT2D eigenvalue weighted by Gasteiger charge is -2.34. The maximum Gasteiger partial charge on any atom is 0.225 e. The molecule has 0 radical (unpaired) electrons. The summed E-state index contributed by atoms with van der Waals surface area (Å²) in [4.78, 5) is 13.1. The van der Waals surface area contributed by atoms with E-state index in [1.165, 1.54) is 0 Å². The van der Waals surface area contributed by atoms with Crippen molar-refractivity contribution in [2.45, 2.75) is 0 Å². The van der Waals surface area contributed by atoms with E-state index in [0.29, 0.717) is 13.2 Å². The number of ether oxygens (including phenoxy) is 1. The Hall–Kier alpha value is -1.24. The van der Waals surface area contributed by atoms with Gasteiger partial charge in [-0.3, -0.25) is 4.90 Å². The highest BCUT2D eigenvalue weighted by Crippen LogP contribution is 2.09. The molecule has 0 spiro atoms. The number of aliphatic hydroxyl groups excluding tert-OH is 1. The predicted molar refractivity (Wildman–Crippen MR) is 68.6 cm³/mol. The maximum atomic E-state index is 8.60. The lowest BCUT2D eigenvalue weighted by atomic mass is 10.3. The van der Waals surface area contributed by atoms with Gasteiger partial charge in [-0.1, -0.05) is 0 Å². The van der Waals surface area contributed by atoms with Crippen LogP contribution in [0.3, 0.4) is 0 Å². The van der Waals surface area contributed by atoms with Gasteiger partial charge in [0.05, 0.1) is 19.8 Å². The standard InChI is InChI=1S/C12H20N4O2/c17-9-11-18-10-8-15-4-6-16(7-5-15)12-13-2-1-3-14-12/h1-3,17H,4-11H2. The summed E-state index contributed by atoms with van der Waals surface area (Å²) in [6.07, 6.45) is 3.55. The third kappa shape index (κ3) is 3.90. The normalized spacial score (nSPS) is 17.1. The molecule has 1 fully saturated rings. The summed E-state index contributed by atoms with van der Waals surface area (Å²) in [7, 11) is 0. The van der Waals surface area contributed by atoms with Gasteiger partial charge in [-0.05, 0) is 6.07 Å². The number of aromatic nitrogens is 2. The Morgan fingerprint density at radius 2 is 1.83 bits per heavy atom. The highest BCUT2D eigenvalue weighted by Gasteiger charge is 2.17. The Morgan fingerprint density at radius 3 is 2.50 bits per heavy atom. The van der Waals surface area contributed by atoms with Crippen molar-refractivity contribution in [3.8, 4) is 0 Å². The van der Waals surface area contributed by atoms with E-state index < -0.39 is 0 Å². The first-order valence-electron chi connectivity index (χ1n) is 6.33. The molecule has 0 bridgehead atoms. The molecule has 1 aromatic heterocycles. The monoisotopic (exact) mass is 252 g/mol. The third-order valence-electron chi connectivity index (χ3n) is 2.99. The van der Waals surface area contributed by atoms with Gasteiger partial charge >= 0.3 is 0 Å². The SMILES string of the molecule is OCCOCCN1CCN(c2ncccn2)CC1. The molecule has 0 aromatic carbocycles. The maximum absolute atomic E-state index is 8.60. The van der Waals surface area contributed by atoms with Crippen LogP contribution in [0.25, 0.3) is 0 Å². The Kier molecular flexibility index (Phi) is 5.32. The van der Waals surface area contributed by atoms with Crippen molar-refractivity contribution in [2.75, 3.05) is 57.4 Å². The molecule has 0 amide bonds. The van der Waals surface area contributed by atoms with Crippen LogP contribution in [0.4, 0.5) is 5.95 Å². The van der Waals surface area contributed by atoms with Crippen molar-refractivity contribution in [1.29, 1.82) is 0 Å². The van der Waals surface area contributed by atoms with E-state index in [-0.39, 0.29) is 6.61 Å². The molecule has 18 heavy (non-hydrogen) atoms. The number of rotatable bonds is 6. The number of piperazine rings is 1. The summed E-state index contributed by atoms with van der Waals surface area (Å²) in [5, 5.41) is 8.60. The number of hydrogen-bond donors (Lipinski definition) is 1. The third-order valence-corrected chi connectivity index (χ3v) is 2.99. The molecule has 1 aliphatic rings. The van der Waals surface area contributed by atoms with Gasteiger partial charge in [0, 0.05) is 45.1 Å². The second-order valence-corrected chi connectivity index (χ2v) is 4.21. The Balaban J connectivity index is 1.68. The lowest BCUT2D eigenvalue weighted by molar-refractivity contribution is 0.0724. The number of aliphatic hydroxyl groups is 1. The highest BCUT2D eigenvalue weighted by molar-refractivity contribution is 5.29. The van der Waals surface area contributed by atoms with Gasteiger partial charge in [0.25, 0.3) is 0 Å². The summed E-state index contributed by atoms with van der Waals surface area (Å²) in [5.74, 6) is 0.814. The minimum atomic E-state index is 0.0964. The molecule has 1 aliphatic heterocycles. The Bertz CT molecular complexity index is 328. The van der Waals surface area contributed by atoms with Crippen LogP contribution in [-0.2, 0) is 4.74 Å². The fourth-order valence-corrected chi connectivity index (χ4v) is 1.99. The minimum Gasteiger partial charge on any atom is -0.394 e. The van der Waals surface area contributed by atoms with Crippen LogP contribution in [0, 0.1) is 0 Å². The largest absolute Gasteiger partial charge is 0.394 e. The van der Waals surface area contributed by atoms with Gasteiger partial charge in [0.2, 0.25) is 5.95 Å². The van der Waals surface area contributed by atoms with E-state index in [4.69, 9.17) is 9.84 Å². The quantitative estimate of drug-likeness (QED) is 0.696. The van der Waals surface area contributed by atoms with Gasteiger partial charge < -0.3 is 14.7 Å². The fourth-order valence-electron chi connectivity index (χ4n) is 1.99. The van der Waals surface area contributed by atoms with Crippen LogP contribution in [0.15, 0.2) is 18.5 Å². The summed E-state index contributed by atoms with van der Waals surface area (Å²) >= 11 is 0. The van der Waals surface area contributed by atoms with Crippen LogP contribution in [0.1, 0.15) is 0 Å². The Morgan fingerprint density at radius 1 is 1.11 bits per heavy atom. The van der Waals surface area contributed by atoms with E-state index in [1.54, 1.807) is 12.4 Å². The average Bonchev–Trinajstić information content (AvgIpc) is 2.45. The first-order chi connectivity index (χ1) is 8.90. The van der Waals surface area contributed by atoms with E-state index in [2.05, 4.69) is 19.8 Å². The average molecular weight is 252 g/mol. The first-order valence-corrected chi connectivity index (χ1v) is 6.33. The Labute approximate surface area is 107 Å². The van der Waals surface area contributed by atoms with Gasteiger partial charge in [-0.15, -0.1) is 0 Å². The molecule has 0 aliphatic carbocycles. The molecule has 100 valence electrons. The van der Waals surface area contributed by atoms with Crippen molar-refractivity contribution in [2.24, 2.45) is 0 Å². The van der Waals surface area contributed by atoms with Crippen LogP contribution in [0.5, 0.6) is 0 Å². The van der Waals surface area contributed by atoms with Gasteiger partial charge in [-0.25, -0.2) is 9.97 Å². The van der Waals surface area contributed by atoms with E-state index in [0.717, 1.165) is 38.7 Å². The first kappa shape index (κ1) is 13.2. The predicted octanol–water partition coefficient (Wildman–Crippen LogP) is -0.392. The van der Waals surface area contributed by atoms with E-state index in [1.807, 2.05) is 6.07 Å². The lowest BCUT2D eigenvalue weighted by Crippen LogP contribution is -2.47. The highest BCUT2D eigenvalue weighted by atomic mass is 16.5. The summed E-state index contributed by atoms with van der Waals surface area (Å²) in [6, 6.07) is 1.83. The molecule has 2 heterocycles. The molecule has 1 aromatic rings. The fraction of sp³-hybridized carbons (Fsp3) is 0.667. The summed E-state index contributed by atoms with van der Waals surface area (Å²) in [6.45, 7) is 6.03. The second-order valence-electron chi connectivity index (χ2n) is 4.21. The van der Waals surface area contributed by atoms with Gasteiger partial charge in [0.15, 0.2) is 0 Å².